The Morgan fingerprint density at radius 3 is 1.50 bits per heavy atom. The molecule has 0 radical (unpaired) electrons. The molecule has 0 saturated heterocycles. The monoisotopic (exact) mass is 124 g/mol. The fraction of sp³-hybridized carbons (Fsp3) is 0. The van der Waals surface area contributed by atoms with Crippen LogP contribution in [0, 0.1) is 0 Å². The smallest absolute Gasteiger partial charge is 1.00 e. The SMILES string of the molecule is F.O=[Si](O)O.[H-].[H-].[Mg+2]. The number of hydrogen-bond acceptors (Lipinski definition) is 1. The van der Waals surface area contributed by atoms with Gasteiger partial charge in [-0.3, -0.25) is 9.17 Å². The summed E-state index contributed by atoms with van der Waals surface area (Å²) in [5, 5.41) is 0. The van der Waals surface area contributed by atoms with Gasteiger partial charge in [0.2, 0.25) is 0 Å². The third-order valence-corrected chi connectivity index (χ3v) is 0. The molecule has 0 aliphatic carbocycles. The van der Waals surface area contributed by atoms with E-state index in [0.717, 1.165) is 0 Å². The van der Waals surface area contributed by atoms with Gasteiger partial charge in [0.05, 0.1) is 0 Å². The van der Waals surface area contributed by atoms with Crippen molar-refractivity contribution in [2.75, 3.05) is 0 Å². The van der Waals surface area contributed by atoms with E-state index in [1.165, 1.54) is 0 Å². The molecule has 0 spiro atoms. The van der Waals surface area contributed by atoms with E-state index in [2.05, 4.69) is 0 Å². The second-order valence-electron chi connectivity index (χ2n) is 0.283. The molecule has 0 aromatic carbocycles. The van der Waals surface area contributed by atoms with E-state index < -0.39 is 9.17 Å². The number of rotatable bonds is 0. The molecule has 0 unspecified atom stereocenters. The summed E-state index contributed by atoms with van der Waals surface area (Å²) in [5.74, 6) is 0. The predicted molar refractivity (Wildman–Crippen MR) is 21.4 cm³/mol. The molecule has 0 aliphatic rings. The summed E-state index contributed by atoms with van der Waals surface area (Å²) in [6, 6.07) is 0. The third kappa shape index (κ3) is 483. The first-order valence-electron chi connectivity index (χ1n) is 0.651. The van der Waals surface area contributed by atoms with Crippen LogP contribution in [0.15, 0.2) is 0 Å². The molecule has 0 amide bonds. The average molecular weight is 124 g/mol. The van der Waals surface area contributed by atoms with Gasteiger partial charge in [0.1, 0.15) is 0 Å². The number of hydrogen-bond donors (Lipinski definition) is 2. The second-order valence-corrected chi connectivity index (χ2v) is 0.848. The molecule has 2 N–H and O–H groups in total. The average Bonchev–Trinajstić information content (AvgIpc) is 0.811. The van der Waals surface area contributed by atoms with Crippen molar-refractivity contribution in [3.05, 3.63) is 0 Å². The molecule has 0 aromatic rings. The van der Waals surface area contributed by atoms with Crippen LogP contribution in [0.1, 0.15) is 2.85 Å². The molecule has 0 aliphatic heterocycles. The quantitative estimate of drug-likeness (QED) is 0.382. The maximum Gasteiger partial charge on any atom is 2.00 e. The van der Waals surface area contributed by atoms with E-state index in [9.17, 15) is 0 Å². The van der Waals surface area contributed by atoms with Crippen molar-refractivity contribution in [3.63, 3.8) is 0 Å². The molecule has 36 valence electrons. The molecule has 0 fully saturated rings. The van der Waals surface area contributed by atoms with Crippen LogP contribution in [-0.2, 0) is 4.46 Å². The van der Waals surface area contributed by atoms with Crippen molar-refractivity contribution >= 4 is 32.2 Å². The zero-order valence-corrected chi connectivity index (χ0v) is 5.33. The zero-order valence-electron chi connectivity index (χ0n) is 4.92. The summed E-state index contributed by atoms with van der Waals surface area (Å²) in [4.78, 5) is 14.3. The minimum atomic E-state index is -3.13. The van der Waals surface area contributed by atoms with Crippen LogP contribution in [0.3, 0.4) is 0 Å². The Morgan fingerprint density at radius 2 is 1.50 bits per heavy atom. The van der Waals surface area contributed by atoms with Gasteiger partial charge in [0.15, 0.2) is 0 Å². The van der Waals surface area contributed by atoms with E-state index in [1.807, 2.05) is 0 Å². The number of halogens is 1. The topological polar surface area (TPSA) is 57.5 Å². The van der Waals surface area contributed by atoms with Crippen LogP contribution in [0.2, 0.25) is 0 Å². The van der Waals surface area contributed by atoms with Crippen LogP contribution in [0.25, 0.3) is 0 Å². The largest absolute Gasteiger partial charge is 2.00 e. The van der Waals surface area contributed by atoms with Crippen LogP contribution in [0.4, 0.5) is 4.70 Å². The predicted octanol–water partition coefficient (Wildman–Crippen LogP) is -1.62. The van der Waals surface area contributed by atoms with Crippen LogP contribution < -0.4 is 0 Å². The van der Waals surface area contributed by atoms with Crippen molar-refractivity contribution in [2.24, 2.45) is 0 Å². The first-order chi connectivity index (χ1) is 1.73. The summed E-state index contributed by atoms with van der Waals surface area (Å²) in [5.41, 5.74) is 0. The van der Waals surface area contributed by atoms with Gasteiger partial charge in [-0.05, 0) is 0 Å². The van der Waals surface area contributed by atoms with Crippen molar-refractivity contribution < 1.29 is 21.6 Å². The van der Waals surface area contributed by atoms with Crippen molar-refractivity contribution in [1.82, 2.24) is 0 Å². The van der Waals surface area contributed by atoms with Gasteiger partial charge in [-0.25, -0.2) is 0 Å². The fourth-order valence-corrected chi connectivity index (χ4v) is 0. The van der Waals surface area contributed by atoms with E-state index in [-0.39, 0.29) is 30.6 Å². The third-order valence-electron chi connectivity index (χ3n) is 0. The molecular weight excluding hydrogens is 119 g/mol. The Labute approximate surface area is 54.4 Å². The van der Waals surface area contributed by atoms with Crippen molar-refractivity contribution in [3.8, 4) is 0 Å². The normalized spacial score (nSPS) is 4.00. The standard InChI is InChI=1S/FH.Mg.H2O3Si.2H/c;;1-4(2)3;;/h1H;;1-2H;;/q;+2;;2*-1. The van der Waals surface area contributed by atoms with E-state index in [0.29, 0.717) is 0 Å². The molecule has 0 rings (SSSR count). The van der Waals surface area contributed by atoms with Gasteiger partial charge in [-0.2, -0.15) is 0 Å². The first-order valence-corrected chi connectivity index (χ1v) is 1.95. The maximum absolute atomic E-state index is 8.74. The van der Waals surface area contributed by atoms with E-state index >= 15 is 0 Å². The molecular formula is H5FMgO3Si. The molecule has 0 bridgehead atoms. The van der Waals surface area contributed by atoms with Crippen LogP contribution in [0.5, 0.6) is 0 Å². The zero-order chi connectivity index (χ0) is 3.58. The Hall–Kier alpha value is 0.313. The van der Waals surface area contributed by atoms with Gasteiger partial charge >= 0.3 is 32.2 Å². The second kappa shape index (κ2) is 9.00. The van der Waals surface area contributed by atoms with E-state index in [4.69, 9.17) is 14.1 Å². The van der Waals surface area contributed by atoms with E-state index in [1.54, 1.807) is 0 Å². The Balaban J connectivity index is -0.00000000750. The molecule has 0 saturated carbocycles. The minimum Gasteiger partial charge on any atom is -1.00 e. The Bertz CT molecular complexity index is 40.3. The van der Waals surface area contributed by atoms with Crippen molar-refractivity contribution in [1.29, 1.82) is 0 Å². The van der Waals surface area contributed by atoms with Gasteiger partial charge in [-0.1, -0.05) is 0 Å². The molecule has 0 aromatic heterocycles. The molecule has 3 nitrogen and oxygen atoms in total. The Morgan fingerprint density at radius 1 is 1.50 bits per heavy atom. The summed E-state index contributed by atoms with van der Waals surface area (Å²) in [6.45, 7) is 0. The molecule has 6 heteroatoms. The van der Waals surface area contributed by atoms with Gasteiger partial charge in [-0.15, -0.1) is 0 Å². The summed E-state index contributed by atoms with van der Waals surface area (Å²) >= 11 is 0. The van der Waals surface area contributed by atoms with Crippen molar-refractivity contribution in [2.45, 2.75) is 0 Å². The summed E-state index contributed by atoms with van der Waals surface area (Å²) < 4.78 is 8.74. The van der Waals surface area contributed by atoms with Gasteiger partial charge < -0.3 is 12.4 Å². The molecule has 0 heterocycles. The Kier molecular flexibility index (Phi) is 24.4. The van der Waals surface area contributed by atoms with Gasteiger partial charge in [0, 0.05) is 0 Å². The summed E-state index contributed by atoms with van der Waals surface area (Å²) in [7, 11) is -3.13. The van der Waals surface area contributed by atoms with Crippen LogP contribution >= 0.6 is 0 Å². The first kappa shape index (κ1) is 16.2. The maximum atomic E-state index is 8.74. The minimum absolute atomic E-state index is 0. The molecule has 6 heavy (non-hydrogen) atoms. The van der Waals surface area contributed by atoms with Gasteiger partial charge in [0.25, 0.3) is 0 Å². The molecule has 0 atom stereocenters. The summed E-state index contributed by atoms with van der Waals surface area (Å²) in [6.07, 6.45) is 0. The van der Waals surface area contributed by atoms with Crippen LogP contribution in [-0.4, -0.2) is 41.8 Å². The fourth-order valence-electron chi connectivity index (χ4n) is 0.